The normalized spacial score (nSPS) is 22.3. The molecule has 0 fully saturated rings. The van der Waals surface area contributed by atoms with Gasteiger partial charge in [-0.1, -0.05) is 5.21 Å². The van der Waals surface area contributed by atoms with Gasteiger partial charge < -0.3 is 9.84 Å². The minimum Gasteiger partial charge on any atom is -0.393 e. The molecule has 0 aromatic carbocycles. The van der Waals surface area contributed by atoms with E-state index in [0.717, 1.165) is 5.69 Å². The van der Waals surface area contributed by atoms with E-state index in [4.69, 9.17) is 9.84 Å². The molecule has 1 aromatic heterocycles. The van der Waals surface area contributed by atoms with Crippen LogP contribution in [0, 0.1) is 0 Å². The Morgan fingerprint density at radius 2 is 2.58 bits per heavy atom. The highest BCUT2D eigenvalue weighted by atomic mass is 79.9. The van der Waals surface area contributed by atoms with E-state index in [-0.39, 0.29) is 12.7 Å². The summed E-state index contributed by atoms with van der Waals surface area (Å²) in [7, 11) is 0. The Labute approximate surface area is 77.5 Å². The lowest BCUT2D eigenvalue weighted by Gasteiger charge is -2.21. The molecule has 0 amide bonds. The molecule has 2 heterocycles. The van der Waals surface area contributed by atoms with Crippen LogP contribution in [0.4, 0.5) is 0 Å². The molecule has 0 aliphatic carbocycles. The Morgan fingerprint density at radius 3 is 3.33 bits per heavy atom. The molecule has 2 rings (SSSR count). The summed E-state index contributed by atoms with van der Waals surface area (Å²) in [5, 5.41) is 16.7. The Morgan fingerprint density at radius 1 is 1.75 bits per heavy atom. The van der Waals surface area contributed by atoms with Gasteiger partial charge in [-0.15, -0.1) is 5.10 Å². The van der Waals surface area contributed by atoms with Crippen LogP contribution in [-0.4, -0.2) is 33.3 Å². The molecule has 6 heteroatoms. The first-order valence-electron chi connectivity index (χ1n) is 3.64. The van der Waals surface area contributed by atoms with E-state index < -0.39 is 0 Å². The SMILES string of the molecule is OCC1OCCn2nnc(Br)c21. The number of hydrogen-bond donors (Lipinski definition) is 1. The van der Waals surface area contributed by atoms with Gasteiger partial charge in [-0.2, -0.15) is 0 Å². The largest absolute Gasteiger partial charge is 0.393 e. The Kier molecular flexibility index (Phi) is 2.12. The summed E-state index contributed by atoms with van der Waals surface area (Å²) in [6, 6.07) is 0. The summed E-state index contributed by atoms with van der Waals surface area (Å²) in [5.74, 6) is 0. The number of halogens is 1. The molecule has 0 radical (unpaired) electrons. The van der Waals surface area contributed by atoms with E-state index in [1.807, 2.05) is 0 Å². The number of ether oxygens (including phenoxy) is 1. The third-order valence-electron chi connectivity index (χ3n) is 1.82. The fraction of sp³-hybridized carbons (Fsp3) is 0.667. The van der Waals surface area contributed by atoms with Gasteiger partial charge in [-0.25, -0.2) is 4.68 Å². The second kappa shape index (κ2) is 3.12. The molecule has 12 heavy (non-hydrogen) atoms. The van der Waals surface area contributed by atoms with E-state index in [9.17, 15) is 0 Å². The maximum atomic E-state index is 8.97. The molecule has 1 unspecified atom stereocenters. The van der Waals surface area contributed by atoms with Crippen LogP contribution in [0.25, 0.3) is 0 Å². The van der Waals surface area contributed by atoms with E-state index in [2.05, 4.69) is 26.2 Å². The molecule has 1 aliphatic rings. The van der Waals surface area contributed by atoms with Gasteiger partial charge in [0.25, 0.3) is 0 Å². The molecular weight excluding hydrogens is 226 g/mol. The highest BCUT2D eigenvalue weighted by Gasteiger charge is 2.24. The Bertz CT molecular complexity index is 288. The van der Waals surface area contributed by atoms with E-state index in [1.165, 1.54) is 0 Å². The summed E-state index contributed by atoms with van der Waals surface area (Å²) in [6.07, 6.45) is -0.289. The van der Waals surface area contributed by atoms with Gasteiger partial charge in [0.2, 0.25) is 0 Å². The van der Waals surface area contributed by atoms with Crippen LogP contribution in [0.2, 0.25) is 0 Å². The third-order valence-corrected chi connectivity index (χ3v) is 2.39. The van der Waals surface area contributed by atoms with Crippen molar-refractivity contribution in [2.45, 2.75) is 12.6 Å². The van der Waals surface area contributed by atoms with Crippen LogP contribution in [0.1, 0.15) is 11.8 Å². The minimum absolute atomic E-state index is 0.0357. The van der Waals surface area contributed by atoms with Crippen molar-refractivity contribution >= 4 is 15.9 Å². The topological polar surface area (TPSA) is 60.2 Å². The summed E-state index contributed by atoms with van der Waals surface area (Å²) in [4.78, 5) is 0. The maximum Gasteiger partial charge on any atom is 0.154 e. The molecule has 1 aromatic rings. The number of fused-ring (bicyclic) bond motifs is 1. The quantitative estimate of drug-likeness (QED) is 0.748. The number of hydrogen-bond acceptors (Lipinski definition) is 4. The molecule has 1 N–H and O–H groups in total. The molecule has 1 atom stereocenters. The van der Waals surface area contributed by atoms with Crippen molar-refractivity contribution in [1.29, 1.82) is 0 Å². The smallest absolute Gasteiger partial charge is 0.154 e. The lowest BCUT2D eigenvalue weighted by molar-refractivity contribution is -0.0178. The van der Waals surface area contributed by atoms with Crippen LogP contribution < -0.4 is 0 Å². The lowest BCUT2D eigenvalue weighted by Crippen LogP contribution is -2.24. The van der Waals surface area contributed by atoms with Gasteiger partial charge in [-0.3, -0.25) is 0 Å². The Hall–Kier alpha value is -0.460. The van der Waals surface area contributed by atoms with E-state index in [0.29, 0.717) is 17.8 Å². The number of aromatic nitrogens is 3. The van der Waals surface area contributed by atoms with Crippen LogP contribution >= 0.6 is 15.9 Å². The molecule has 0 spiro atoms. The minimum atomic E-state index is -0.289. The number of aliphatic hydroxyl groups excluding tert-OH is 1. The Balaban J connectivity index is 2.41. The summed E-state index contributed by atoms with van der Waals surface area (Å²) < 4.78 is 7.71. The first-order chi connectivity index (χ1) is 5.83. The number of aliphatic hydroxyl groups is 1. The average molecular weight is 234 g/mol. The highest BCUT2D eigenvalue weighted by Crippen LogP contribution is 2.26. The zero-order chi connectivity index (χ0) is 8.55. The second-order valence-corrected chi connectivity index (χ2v) is 3.28. The van der Waals surface area contributed by atoms with Gasteiger partial charge in [0, 0.05) is 0 Å². The van der Waals surface area contributed by atoms with Gasteiger partial charge in [0.15, 0.2) is 4.60 Å². The molecule has 0 saturated carbocycles. The van der Waals surface area contributed by atoms with Crippen LogP contribution in [0.3, 0.4) is 0 Å². The van der Waals surface area contributed by atoms with Crippen LogP contribution in [0.5, 0.6) is 0 Å². The predicted molar refractivity (Wildman–Crippen MR) is 43.5 cm³/mol. The standard InChI is InChI=1S/C6H8BrN3O2/c7-6-5-4(3-11)12-2-1-10(5)9-8-6/h4,11H,1-3H2. The van der Waals surface area contributed by atoms with Crippen molar-refractivity contribution in [2.24, 2.45) is 0 Å². The van der Waals surface area contributed by atoms with E-state index in [1.54, 1.807) is 4.68 Å². The van der Waals surface area contributed by atoms with Gasteiger partial charge in [0.05, 0.1) is 19.8 Å². The molecule has 66 valence electrons. The lowest BCUT2D eigenvalue weighted by atomic mass is 10.2. The zero-order valence-electron chi connectivity index (χ0n) is 6.27. The van der Waals surface area contributed by atoms with Crippen molar-refractivity contribution in [2.75, 3.05) is 13.2 Å². The fourth-order valence-corrected chi connectivity index (χ4v) is 1.79. The zero-order valence-corrected chi connectivity index (χ0v) is 7.86. The molecule has 0 bridgehead atoms. The van der Waals surface area contributed by atoms with Crippen molar-refractivity contribution in [3.63, 3.8) is 0 Å². The first-order valence-corrected chi connectivity index (χ1v) is 4.43. The molecule has 1 aliphatic heterocycles. The van der Waals surface area contributed by atoms with Crippen LogP contribution in [-0.2, 0) is 11.3 Å². The summed E-state index contributed by atoms with van der Waals surface area (Å²) >= 11 is 3.25. The van der Waals surface area contributed by atoms with E-state index >= 15 is 0 Å². The maximum absolute atomic E-state index is 8.97. The van der Waals surface area contributed by atoms with Crippen molar-refractivity contribution in [3.8, 4) is 0 Å². The van der Waals surface area contributed by atoms with Crippen molar-refractivity contribution < 1.29 is 9.84 Å². The highest BCUT2D eigenvalue weighted by molar-refractivity contribution is 9.10. The third kappa shape index (κ3) is 1.16. The van der Waals surface area contributed by atoms with Crippen molar-refractivity contribution in [3.05, 3.63) is 10.3 Å². The van der Waals surface area contributed by atoms with Crippen LogP contribution in [0.15, 0.2) is 4.60 Å². The molecular formula is C6H8BrN3O2. The predicted octanol–water partition coefficient (Wildman–Crippen LogP) is 0.104. The number of rotatable bonds is 1. The second-order valence-electron chi connectivity index (χ2n) is 2.53. The van der Waals surface area contributed by atoms with Gasteiger partial charge in [0.1, 0.15) is 11.8 Å². The summed E-state index contributed by atoms with van der Waals surface area (Å²) in [5.41, 5.74) is 0.823. The monoisotopic (exact) mass is 233 g/mol. The van der Waals surface area contributed by atoms with Gasteiger partial charge in [-0.05, 0) is 15.9 Å². The molecule has 0 saturated heterocycles. The summed E-state index contributed by atoms with van der Waals surface area (Å²) in [6.45, 7) is 1.24. The molecule has 5 nitrogen and oxygen atoms in total. The fourth-order valence-electron chi connectivity index (χ4n) is 1.26. The number of nitrogens with zero attached hydrogens (tertiary/aromatic N) is 3. The van der Waals surface area contributed by atoms with Crippen molar-refractivity contribution in [1.82, 2.24) is 15.0 Å². The average Bonchev–Trinajstić information content (AvgIpc) is 2.48. The van der Waals surface area contributed by atoms with Gasteiger partial charge >= 0.3 is 0 Å². The first kappa shape index (κ1) is 8.15.